The van der Waals surface area contributed by atoms with Gasteiger partial charge in [-0.05, 0) is 44.0 Å². The molecule has 1 fully saturated rings. The van der Waals surface area contributed by atoms with Gasteiger partial charge in [-0.25, -0.2) is 0 Å². The van der Waals surface area contributed by atoms with Crippen molar-refractivity contribution in [3.63, 3.8) is 0 Å². The van der Waals surface area contributed by atoms with E-state index in [4.69, 9.17) is 0 Å². The van der Waals surface area contributed by atoms with E-state index in [1.165, 1.54) is 12.0 Å². The molecule has 100 valence electrons. The van der Waals surface area contributed by atoms with Crippen LogP contribution in [-0.4, -0.2) is 34.2 Å². The van der Waals surface area contributed by atoms with Crippen LogP contribution in [0.15, 0.2) is 12.1 Å². The third-order valence-electron chi connectivity index (χ3n) is 4.45. The molecule has 1 aliphatic heterocycles. The normalized spacial score (nSPS) is 26.3. The summed E-state index contributed by atoms with van der Waals surface area (Å²) in [6.45, 7) is 4.49. The van der Waals surface area contributed by atoms with Crippen LogP contribution in [-0.2, 0) is 6.42 Å². The molecule has 1 saturated heterocycles. The quantitative estimate of drug-likeness (QED) is 0.784. The Kier molecular flexibility index (Phi) is 3.87. The zero-order valence-electron chi connectivity index (χ0n) is 10.6. The van der Waals surface area contributed by atoms with Crippen LogP contribution in [0.2, 0.25) is 0 Å². The van der Waals surface area contributed by atoms with Gasteiger partial charge in [0.1, 0.15) is 0 Å². The highest BCUT2D eigenvalue weighted by molar-refractivity contribution is 8.93. The van der Waals surface area contributed by atoms with Crippen LogP contribution >= 0.6 is 17.0 Å². The Morgan fingerprint density at radius 2 is 2.06 bits per heavy atom. The summed E-state index contributed by atoms with van der Waals surface area (Å²) in [6, 6.07) is 4.27. The van der Waals surface area contributed by atoms with Gasteiger partial charge in [-0.1, -0.05) is 13.0 Å². The van der Waals surface area contributed by atoms with Gasteiger partial charge < -0.3 is 15.1 Å². The van der Waals surface area contributed by atoms with Gasteiger partial charge in [0.2, 0.25) is 0 Å². The predicted molar refractivity (Wildman–Crippen MR) is 76.8 cm³/mol. The van der Waals surface area contributed by atoms with Crippen LogP contribution < -0.4 is 0 Å². The fraction of sp³-hybridized carbons (Fsp3) is 0.571. The van der Waals surface area contributed by atoms with Crippen LogP contribution in [0.4, 0.5) is 0 Å². The van der Waals surface area contributed by atoms with Gasteiger partial charge in [0.15, 0.2) is 11.5 Å². The number of fused-ring (bicyclic) bond motifs is 3. The topological polar surface area (TPSA) is 43.7 Å². The van der Waals surface area contributed by atoms with Gasteiger partial charge in [0.05, 0.1) is 0 Å². The molecule has 18 heavy (non-hydrogen) atoms. The minimum absolute atomic E-state index is 0. The standard InChI is InChI=1S/C14H19NO2.BrH/c1-2-15-8-7-10-9-4-6-13(16)14(17)11(9)3-5-12(10)15;/h4,6,10,12,16-17H,2-3,5,7-8H2,1H3;1H/t10-,12-;/m0./s1. The number of phenolic OH excluding ortho intramolecular Hbond substituents is 2. The van der Waals surface area contributed by atoms with Crippen molar-refractivity contribution in [2.75, 3.05) is 13.1 Å². The first kappa shape index (κ1) is 13.7. The van der Waals surface area contributed by atoms with E-state index >= 15 is 0 Å². The molecule has 3 nitrogen and oxygen atoms in total. The third kappa shape index (κ3) is 1.91. The number of halogens is 1. The molecule has 2 N–H and O–H groups in total. The van der Waals surface area contributed by atoms with Gasteiger partial charge in [-0.3, -0.25) is 0 Å². The van der Waals surface area contributed by atoms with Crippen molar-refractivity contribution < 1.29 is 10.2 Å². The van der Waals surface area contributed by atoms with Crippen molar-refractivity contribution in [2.24, 2.45) is 0 Å². The van der Waals surface area contributed by atoms with E-state index in [0.717, 1.165) is 31.5 Å². The molecular weight excluding hydrogens is 294 g/mol. The molecule has 0 unspecified atom stereocenters. The molecule has 0 saturated carbocycles. The van der Waals surface area contributed by atoms with Crippen molar-refractivity contribution in [3.8, 4) is 11.5 Å². The highest BCUT2D eigenvalue weighted by atomic mass is 79.9. The number of phenols is 2. The number of hydrogen-bond acceptors (Lipinski definition) is 3. The highest BCUT2D eigenvalue weighted by Crippen LogP contribution is 2.46. The number of likely N-dealkylation sites (tertiary alicyclic amines) is 1. The minimum atomic E-state index is 0. The van der Waals surface area contributed by atoms with Crippen LogP contribution in [0.3, 0.4) is 0 Å². The van der Waals surface area contributed by atoms with Crippen LogP contribution in [0.5, 0.6) is 11.5 Å². The molecule has 0 spiro atoms. The Labute approximate surface area is 118 Å². The molecule has 4 heteroatoms. The summed E-state index contributed by atoms with van der Waals surface area (Å²) in [6.07, 6.45) is 3.16. The molecule has 2 aliphatic rings. The summed E-state index contributed by atoms with van der Waals surface area (Å²) < 4.78 is 0. The fourth-order valence-electron chi connectivity index (χ4n) is 3.60. The maximum Gasteiger partial charge on any atom is 0.160 e. The Hall–Kier alpha value is -0.740. The number of nitrogens with zero attached hydrogens (tertiary/aromatic N) is 1. The molecular formula is C14H20BrNO2. The van der Waals surface area contributed by atoms with Crippen molar-refractivity contribution in [3.05, 3.63) is 23.3 Å². The first-order valence-electron chi connectivity index (χ1n) is 6.50. The van der Waals surface area contributed by atoms with Crippen molar-refractivity contribution in [1.82, 2.24) is 4.90 Å². The molecule has 0 bridgehead atoms. The van der Waals surface area contributed by atoms with E-state index in [0.29, 0.717) is 12.0 Å². The minimum Gasteiger partial charge on any atom is -0.504 e. The summed E-state index contributed by atoms with van der Waals surface area (Å²) >= 11 is 0. The summed E-state index contributed by atoms with van der Waals surface area (Å²) in [4.78, 5) is 2.54. The van der Waals surface area contributed by atoms with Gasteiger partial charge in [0, 0.05) is 17.5 Å². The van der Waals surface area contributed by atoms with E-state index < -0.39 is 0 Å². The molecule has 1 aromatic carbocycles. The van der Waals surface area contributed by atoms with Crippen molar-refractivity contribution >= 4 is 17.0 Å². The third-order valence-corrected chi connectivity index (χ3v) is 4.45. The number of aromatic hydroxyl groups is 2. The van der Waals surface area contributed by atoms with Gasteiger partial charge in [-0.15, -0.1) is 17.0 Å². The molecule has 1 aromatic rings. The lowest BCUT2D eigenvalue weighted by Gasteiger charge is -2.33. The zero-order chi connectivity index (χ0) is 12.0. The van der Waals surface area contributed by atoms with Crippen LogP contribution in [0.1, 0.15) is 36.8 Å². The average molecular weight is 314 g/mol. The SMILES string of the molecule is Br.CCN1CC[C@H]2c3ccc(O)c(O)c3CC[C@@H]21. The number of rotatable bonds is 1. The molecule has 2 atom stereocenters. The molecule has 0 aromatic heterocycles. The van der Waals surface area contributed by atoms with Crippen LogP contribution in [0.25, 0.3) is 0 Å². The first-order valence-corrected chi connectivity index (χ1v) is 6.50. The summed E-state index contributed by atoms with van der Waals surface area (Å²) in [5.74, 6) is 0.675. The number of likely N-dealkylation sites (N-methyl/N-ethyl adjacent to an activating group) is 1. The maximum absolute atomic E-state index is 9.92. The van der Waals surface area contributed by atoms with E-state index in [-0.39, 0.29) is 28.5 Å². The van der Waals surface area contributed by atoms with Gasteiger partial charge >= 0.3 is 0 Å². The summed E-state index contributed by atoms with van der Waals surface area (Å²) in [5, 5.41) is 19.5. The smallest absolute Gasteiger partial charge is 0.160 e. The predicted octanol–water partition coefficient (Wildman–Crippen LogP) is 2.80. The number of hydrogen-bond donors (Lipinski definition) is 2. The largest absolute Gasteiger partial charge is 0.504 e. The Morgan fingerprint density at radius 3 is 2.78 bits per heavy atom. The van der Waals surface area contributed by atoms with E-state index in [9.17, 15) is 10.2 Å². The molecule has 1 aliphatic carbocycles. The van der Waals surface area contributed by atoms with Crippen molar-refractivity contribution in [1.29, 1.82) is 0 Å². The lowest BCUT2D eigenvalue weighted by molar-refractivity contribution is 0.237. The van der Waals surface area contributed by atoms with E-state index in [1.807, 2.05) is 6.07 Å². The second kappa shape index (κ2) is 5.10. The molecule has 1 heterocycles. The summed E-state index contributed by atoms with van der Waals surface area (Å²) in [5.41, 5.74) is 2.23. The monoisotopic (exact) mass is 313 g/mol. The highest BCUT2D eigenvalue weighted by Gasteiger charge is 2.38. The average Bonchev–Trinajstić information content (AvgIpc) is 2.76. The molecule has 0 radical (unpaired) electrons. The molecule has 3 rings (SSSR count). The number of benzene rings is 1. The van der Waals surface area contributed by atoms with Gasteiger partial charge in [-0.2, -0.15) is 0 Å². The zero-order valence-corrected chi connectivity index (χ0v) is 12.3. The van der Waals surface area contributed by atoms with Crippen molar-refractivity contribution in [2.45, 2.75) is 38.1 Å². The Morgan fingerprint density at radius 1 is 1.28 bits per heavy atom. The molecule has 0 amide bonds. The van der Waals surface area contributed by atoms with E-state index in [1.54, 1.807) is 6.07 Å². The maximum atomic E-state index is 9.92. The first-order chi connectivity index (χ1) is 8.22. The lowest BCUT2D eigenvalue weighted by atomic mass is 9.79. The fourth-order valence-corrected chi connectivity index (χ4v) is 3.60. The second-order valence-corrected chi connectivity index (χ2v) is 5.13. The summed E-state index contributed by atoms with van der Waals surface area (Å²) in [7, 11) is 0. The van der Waals surface area contributed by atoms with E-state index in [2.05, 4.69) is 11.8 Å². The second-order valence-electron chi connectivity index (χ2n) is 5.13. The Balaban J connectivity index is 0.00000120. The lowest BCUT2D eigenvalue weighted by Crippen LogP contribution is -2.34. The van der Waals surface area contributed by atoms with Gasteiger partial charge in [0.25, 0.3) is 0 Å². The van der Waals surface area contributed by atoms with Crippen LogP contribution in [0, 0.1) is 0 Å². The Bertz CT molecular complexity index is 450.